The highest BCUT2D eigenvalue weighted by molar-refractivity contribution is 5.75. The second kappa shape index (κ2) is 5.05. The number of carbonyl (C=O) groups is 1. The minimum absolute atomic E-state index is 0.427. The molecule has 0 spiro atoms. The Kier molecular flexibility index (Phi) is 3.47. The number of aromatic nitrogens is 1. The van der Waals surface area contributed by atoms with E-state index in [1.165, 1.54) is 7.11 Å². The Bertz CT molecular complexity index is 614. The Morgan fingerprint density at radius 3 is 3.06 bits per heavy atom. The lowest BCUT2D eigenvalue weighted by atomic mass is 10.1. The number of nitrogens with one attached hydrogen (secondary N) is 1. The molecule has 6 nitrogen and oxygen atoms in total. The monoisotopic (exact) mass is 250 g/mol. The van der Waals surface area contributed by atoms with E-state index < -0.39 is 17.8 Å². The number of esters is 1. The van der Waals surface area contributed by atoms with Crippen molar-refractivity contribution in [2.45, 2.75) is 18.9 Å². The van der Waals surface area contributed by atoms with Crippen LogP contribution in [0.2, 0.25) is 0 Å². The number of ether oxygens (including phenoxy) is 1. The van der Waals surface area contributed by atoms with E-state index in [4.69, 9.17) is 10.2 Å². The van der Waals surface area contributed by atoms with Gasteiger partial charge < -0.3 is 14.9 Å². The third-order valence-electron chi connectivity index (χ3n) is 2.73. The van der Waals surface area contributed by atoms with E-state index in [1.54, 1.807) is 12.1 Å². The highest BCUT2D eigenvalue weighted by Crippen LogP contribution is 2.14. The van der Waals surface area contributed by atoms with Crippen LogP contribution in [0.1, 0.15) is 12.0 Å². The lowest BCUT2D eigenvalue weighted by Crippen LogP contribution is -2.31. The maximum absolute atomic E-state index is 11.1. The molecule has 2 rings (SSSR count). The van der Waals surface area contributed by atoms with Crippen LogP contribution in [0.15, 0.2) is 27.4 Å². The van der Waals surface area contributed by atoms with Crippen molar-refractivity contribution in [3.8, 4) is 0 Å². The fraction of sp³-hybridized carbons (Fsp3) is 0.333. The number of nitrogens with two attached hydrogens (primary N) is 1. The lowest BCUT2D eigenvalue weighted by molar-refractivity contribution is -0.142. The smallest absolute Gasteiger partial charge is 0.417 e. The molecule has 0 fully saturated rings. The van der Waals surface area contributed by atoms with E-state index in [-0.39, 0.29) is 0 Å². The zero-order valence-electron chi connectivity index (χ0n) is 9.93. The van der Waals surface area contributed by atoms with Crippen molar-refractivity contribution in [2.75, 3.05) is 7.11 Å². The highest BCUT2D eigenvalue weighted by atomic mass is 16.5. The van der Waals surface area contributed by atoms with Crippen LogP contribution in [0, 0.1) is 0 Å². The molecule has 0 saturated carbocycles. The predicted molar refractivity (Wildman–Crippen MR) is 65.1 cm³/mol. The van der Waals surface area contributed by atoms with Gasteiger partial charge >= 0.3 is 11.7 Å². The van der Waals surface area contributed by atoms with Crippen molar-refractivity contribution in [1.82, 2.24) is 4.98 Å². The van der Waals surface area contributed by atoms with Crippen LogP contribution in [-0.4, -0.2) is 24.1 Å². The summed E-state index contributed by atoms with van der Waals surface area (Å²) >= 11 is 0. The first-order valence-corrected chi connectivity index (χ1v) is 5.55. The molecule has 1 atom stereocenters. The van der Waals surface area contributed by atoms with Gasteiger partial charge in [-0.1, -0.05) is 6.07 Å². The molecule has 1 aromatic heterocycles. The maximum atomic E-state index is 11.1. The average molecular weight is 250 g/mol. The van der Waals surface area contributed by atoms with Crippen LogP contribution in [0.25, 0.3) is 11.1 Å². The molecule has 0 aliphatic rings. The molecule has 0 aliphatic carbocycles. The van der Waals surface area contributed by atoms with Crippen molar-refractivity contribution in [1.29, 1.82) is 0 Å². The summed E-state index contributed by atoms with van der Waals surface area (Å²) in [5, 5.41) is 0. The highest BCUT2D eigenvalue weighted by Gasteiger charge is 2.13. The number of carbonyl (C=O) groups excluding carboxylic acids is 1. The van der Waals surface area contributed by atoms with E-state index in [1.807, 2.05) is 6.07 Å². The lowest BCUT2D eigenvalue weighted by Gasteiger charge is -2.08. The van der Waals surface area contributed by atoms with Crippen molar-refractivity contribution in [3.63, 3.8) is 0 Å². The standard InChI is InChI=1S/C12H14N2O4/c1-17-11(15)8(13)4-2-7-3-5-9-10(6-7)18-12(16)14-9/h3,5-6,8H,2,4,13H2,1H3,(H,14,16). The van der Waals surface area contributed by atoms with Gasteiger partial charge in [0.05, 0.1) is 12.6 Å². The molecule has 1 unspecified atom stereocenters. The number of H-pyrrole nitrogens is 1. The fourth-order valence-electron chi connectivity index (χ4n) is 1.74. The van der Waals surface area contributed by atoms with E-state index in [0.29, 0.717) is 23.9 Å². The molecule has 1 aromatic carbocycles. The van der Waals surface area contributed by atoms with Gasteiger partial charge in [-0.2, -0.15) is 0 Å². The number of rotatable bonds is 4. The first kappa shape index (κ1) is 12.4. The zero-order chi connectivity index (χ0) is 13.1. The SMILES string of the molecule is COC(=O)C(N)CCc1ccc2[nH]c(=O)oc2c1. The van der Waals surface area contributed by atoms with Crippen LogP contribution in [0.5, 0.6) is 0 Å². The third-order valence-corrected chi connectivity index (χ3v) is 2.73. The van der Waals surface area contributed by atoms with E-state index in [2.05, 4.69) is 9.72 Å². The number of hydrogen-bond donors (Lipinski definition) is 2. The first-order valence-electron chi connectivity index (χ1n) is 5.55. The minimum atomic E-state index is -0.635. The Morgan fingerprint density at radius 2 is 2.33 bits per heavy atom. The normalized spacial score (nSPS) is 12.6. The van der Waals surface area contributed by atoms with Gasteiger partial charge in [-0.3, -0.25) is 9.78 Å². The molecular formula is C12H14N2O4. The second-order valence-electron chi connectivity index (χ2n) is 4.01. The number of aromatic amines is 1. The zero-order valence-corrected chi connectivity index (χ0v) is 9.93. The molecule has 0 saturated heterocycles. The number of aryl methyl sites for hydroxylation is 1. The van der Waals surface area contributed by atoms with E-state index in [0.717, 1.165) is 5.56 Å². The van der Waals surface area contributed by atoms with Crippen molar-refractivity contribution < 1.29 is 13.9 Å². The van der Waals surface area contributed by atoms with Crippen LogP contribution < -0.4 is 11.5 Å². The molecule has 6 heteroatoms. The Balaban J connectivity index is 2.08. The first-order chi connectivity index (χ1) is 8.60. The van der Waals surface area contributed by atoms with E-state index >= 15 is 0 Å². The average Bonchev–Trinajstić information content (AvgIpc) is 2.74. The van der Waals surface area contributed by atoms with Crippen LogP contribution in [-0.2, 0) is 16.0 Å². The molecule has 0 amide bonds. The molecule has 3 N–H and O–H groups in total. The largest absolute Gasteiger partial charge is 0.468 e. The van der Waals surface area contributed by atoms with Crippen LogP contribution in [0.4, 0.5) is 0 Å². The summed E-state index contributed by atoms with van der Waals surface area (Å²) in [5.41, 5.74) is 7.74. The van der Waals surface area contributed by atoms with Crippen LogP contribution in [0.3, 0.4) is 0 Å². The Labute approximate surface area is 103 Å². The summed E-state index contributed by atoms with van der Waals surface area (Å²) in [6.07, 6.45) is 1.09. The summed E-state index contributed by atoms with van der Waals surface area (Å²) in [6.45, 7) is 0. The third kappa shape index (κ3) is 2.60. The summed E-state index contributed by atoms with van der Waals surface area (Å²) in [7, 11) is 1.31. The van der Waals surface area contributed by atoms with Crippen molar-refractivity contribution in [3.05, 3.63) is 34.3 Å². The molecule has 0 radical (unpaired) electrons. The van der Waals surface area contributed by atoms with Crippen molar-refractivity contribution >= 4 is 17.1 Å². The molecular weight excluding hydrogens is 236 g/mol. The Morgan fingerprint density at radius 1 is 1.56 bits per heavy atom. The van der Waals surface area contributed by atoms with Gasteiger partial charge in [0.15, 0.2) is 5.58 Å². The maximum Gasteiger partial charge on any atom is 0.417 e. The number of fused-ring (bicyclic) bond motifs is 1. The number of oxazole rings is 1. The molecule has 2 aromatic rings. The van der Waals surface area contributed by atoms with Gasteiger partial charge in [0.25, 0.3) is 0 Å². The molecule has 1 heterocycles. The fourth-order valence-corrected chi connectivity index (χ4v) is 1.74. The van der Waals surface area contributed by atoms with Gasteiger partial charge in [-0.25, -0.2) is 4.79 Å². The number of methoxy groups -OCH3 is 1. The van der Waals surface area contributed by atoms with Gasteiger partial charge in [-0.15, -0.1) is 0 Å². The topological polar surface area (TPSA) is 98.3 Å². The second-order valence-corrected chi connectivity index (χ2v) is 4.01. The molecule has 0 aliphatic heterocycles. The molecule has 96 valence electrons. The van der Waals surface area contributed by atoms with Gasteiger partial charge in [0.2, 0.25) is 0 Å². The summed E-state index contributed by atoms with van der Waals surface area (Å²) in [5.74, 6) is -0.905. The number of benzene rings is 1. The molecule has 18 heavy (non-hydrogen) atoms. The predicted octanol–water partition coefficient (Wildman–Crippen LogP) is 0.554. The van der Waals surface area contributed by atoms with Crippen molar-refractivity contribution in [2.24, 2.45) is 5.73 Å². The Hall–Kier alpha value is -2.08. The minimum Gasteiger partial charge on any atom is -0.468 e. The quantitative estimate of drug-likeness (QED) is 0.772. The summed E-state index contributed by atoms with van der Waals surface area (Å²) in [4.78, 5) is 24.7. The van der Waals surface area contributed by atoms with Gasteiger partial charge in [0, 0.05) is 0 Å². The summed E-state index contributed by atoms with van der Waals surface area (Å²) in [6, 6.07) is 4.75. The van der Waals surface area contributed by atoms with Crippen LogP contribution >= 0.6 is 0 Å². The number of hydrogen-bond acceptors (Lipinski definition) is 5. The van der Waals surface area contributed by atoms with E-state index in [9.17, 15) is 9.59 Å². The van der Waals surface area contributed by atoms with Gasteiger partial charge in [0.1, 0.15) is 6.04 Å². The molecule has 0 bridgehead atoms. The summed E-state index contributed by atoms with van der Waals surface area (Å²) < 4.78 is 9.50. The van der Waals surface area contributed by atoms with Gasteiger partial charge in [-0.05, 0) is 30.5 Å².